The van der Waals surface area contributed by atoms with Crippen molar-refractivity contribution < 1.29 is 19.1 Å². The van der Waals surface area contributed by atoms with Crippen LogP contribution in [0.3, 0.4) is 0 Å². The Balaban J connectivity index is 2.01. The molecule has 1 amide bonds. The number of carbonyl (C=O) groups excluding carboxylic acids is 2. The Labute approximate surface area is 155 Å². The number of esters is 1. The smallest absolute Gasteiger partial charge is 0.338 e. The van der Waals surface area contributed by atoms with Crippen LogP contribution in [-0.4, -0.2) is 25.6 Å². The summed E-state index contributed by atoms with van der Waals surface area (Å²) < 4.78 is 10.0. The zero-order valence-corrected chi connectivity index (χ0v) is 15.5. The normalized spacial score (nSPS) is 10.3. The van der Waals surface area contributed by atoms with Crippen LogP contribution in [-0.2, 0) is 9.53 Å². The number of anilines is 1. The quantitative estimate of drug-likeness (QED) is 0.778. The van der Waals surface area contributed by atoms with E-state index in [-0.39, 0.29) is 21.4 Å². The van der Waals surface area contributed by atoms with Gasteiger partial charge in [0.1, 0.15) is 0 Å². The SMILES string of the molecule is COc1c(Cl)cc(C(=O)OCC(=O)Nc2c(C)cccc2C)cc1Cl. The van der Waals surface area contributed by atoms with Gasteiger partial charge in [0.2, 0.25) is 0 Å². The van der Waals surface area contributed by atoms with Gasteiger partial charge in [-0.1, -0.05) is 41.4 Å². The van der Waals surface area contributed by atoms with E-state index in [0.29, 0.717) is 5.69 Å². The summed E-state index contributed by atoms with van der Waals surface area (Å²) in [5, 5.41) is 3.10. The predicted octanol–water partition coefficient (Wildman–Crippen LogP) is 4.41. The third-order valence-electron chi connectivity index (χ3n) is 3.52. The van der Waals surface area contributed by atoms with Gasteiger partial charge < -0.3 is 14.8 Å². The van der Waals surface area contributed by atoms with E-state index >= 15 is 0 Å². The summed E-state index contributed by atoms with van der Waals surface area (Å²) >= 11 is 12.0. The third kappa shape index (κ3) is 4.65. The molecule has 0 aliphatic heterocycles. The van der Waals surface area contributed by atoms with Crippen LogP contribution in [0.1, 0.15) is 21.5 Å². The predicted molar refractivity (Wildman–Crippen MR) is 97.8 cm³/mol. The van der Waals surface area contributed by atoms with E-state index < -0.39 is 18.5 Å². The molecule has 0 aliphatic rings. The summed E-state index contributed by atoms with van der Waals surface area (Å²) in [5.74, 6) is -0.868. The first-order chi connectivity index (χ1) is 11.8. The van der Waals surface area contributed by atoms with Crippen LogP contribution in [0.5, 0.6) is 5.75 Å². The zero-order chi connectivity index (χ0) is 18.6. The Bertz CT molecular complexity index is 777. The van der Waals surface area contributed by atoms with E-state index in [1.165, 1.54) is 19.2 Å². The molecule has 0 unspecified atom stereocenters. The van der Waals surface area contributed by atoms with Gasteiger partial charge in [0.05, 0.1) is 22.7 Å². The highest BCUT2D eigenvalue weighted by Gasteiger charge is 2.16. The molecule has 0 fully saturated rings. The average molecular weight is 382 g/mol. The fraction of sp³-hybridized carbons (Fsp3) is 0.222. The molecule has 2 aromatic rings. The van der Waals surface area contributed by atoms with Crippen molar-refractivity contribution in [2.24, 2.45) is 0 Å². The summed E-state index contributed by atoms with van der Waals surface area (Å²) in [6.45, 7) is 3.35. The van der Waals surface area contributed by atoms with Crippen LogP contribution in [0.4, 0.5) is 5.69 Å². The molecule has 0 spiro atoms. The number of rotatable bonds is 5. The van der Waals surface area contributed by atoms with Gasteiger partial charge in [0.25, 0.3) is 5.91 Å². The van der Waals surface area contributed by atoms with Crippen molar-refractivity contribution in [1.29, 1.82) is 0 Å². The van der Waals surface area contributed by atoms with Crippen molar-refractivity contribution in [3.8, 4) is 5.75 Å². The highest BCUT2D eigenvalue weighted by Crippen LogP contribution is 2.34. The summed E-state index contributed by atoms with van der Waals surface area (Å²) in [4.78, 5) is 24.1. The van der Waals surface area contributed by atoms with Crippen LogP contribution in [0.25, 0.3) is 0 Å². The Kier molecular flexibility index (Phi) is 6.28. The van der Waals surface area contributed by atoms with E-state index in [4.69, 9.17) is 32.7 Å². The molecule has 2 aromatic carbocycles. The lowest BCUT2D eigenvalue weighted by Gasteiger charge is -2.12. The number of nitrogens with one attached hydrogen (secondary N) is 1. The highest BCUT2D eigenvalue weighted by molar-refractivity contribution is 6.37. The lowest BCUT2D eigenvalue weighted by molar-refractivity contribution is -0.119. The number of methoxy groups -OCH3 is 1. The molecule has 1 N–H and O–H groups in total. The van der Waals surface area contributed by atoms with Crippen LogP contribution in [0.15, 0.2) is 30.3 Å². The van der Waals surface area contributed by atoms with Crippen LogP contribution < -0.4 is 10.1 Å². The van der Waals surface area contributed by atoms with Gasteiger partial charge in [0.15, 0.2) is 12.4 Å². The molecule has 0 heterocycles. The lowest BCUT2D eigenvalue weighted by Crippen LogP contribution is -2.21. The van der Waals surface area contributed by atoms with Crippen molar-refractivity contribution in [3.63, 3.8) is 0 Å². The van der Waals surface area contributed by atoms with Gasteiger partial charge in [-0.05, 0) is 37.1 Å². The minimum absolute atomic E-state index is 0.135. The van der Waals surface area contributed by atoms with E-state index in [2.05, 4.69) is 5.32 Å². The van der Waals surface area contributed by atoms with Gasteiger partial charge in [-0.15, -0.1) is 0 Å². The Morgan fingerprint density at radius 2 is 1.64 bits per heavy atom. The second kappa shape index (κ2) is 8.23. The molecule has 0 aromatic heterocycles. The lowest BCUT2D eigenvalue weighted by atomic mass is 10.1. The van der Waals surface area contributed by atoms with Crippen LogP contribution in [0, 0.1) is 13.8 Å². The summed E-state index contributed by atoms with van der Waals surface area (Å²) in [7, 11) is 1.42. The average Bonchev–Trinajstić information content (AvgIpc) is 2.55. The maximum atomic E-state index is 12.1. The minimum Gasteiger partial charge on any atom is -0.494 e. The molecular weight excluding hydrogens is 365 g/mol. The van der Waals surface area contributed by atoms with E-state index in [1.54, 1.807) is 0 Å². The number of benzene rings is 2. The number of carbonyl (C=O) groups is 2. The topological polar surface area (TPSA) is 64.6 Å². The van der Waals surface area contributed by atoms with Gasteiger partial charge in [-0.25, -0.2) is 4.79 Å². The molecule has 25 heavy (non-hydrogen) atoms. The fourth-order valence-electron chi connectivity index (χ4n) is 2.27. The molecule has 0 saturated carbocycles. The summed E-state index contributed by atoms with van der Waals surface area (Å²) in [6, 6.07) is 8.42. The maximum Gasteiger partial charge on any atom is 0.338 e. The number of hydrogen-bond acceptors (Lipinski definition) is 4. The third-order valence-corrected chi connectivity index (χ3v) is 4.08. The molecular formula is C18H17Cl2NO4. The number of aryl methyl sites for hydroxylation is 2. The number of ether oxygens (including phenoxy) is 2. The summed E-state index contributed by atoms with van der Waals surface area (Å²) in [5.41, 5.74) is 2.69. The standard InChI is InChI=1S/C18H17Cl2NO4/c1-10-5-4-6-11(2)16(10)21-15(22)9-25-18(23)12-7-13(19)17(24-3)14(20)8-12/h4-8H,9H2,1-3H3,(H,21,22). The first-order valence-corrected chi connectivity index (χ1v) is 8.15. The largest absolute Gasteiger partial charge is 0.494 e. The highest BCUT2D eigenvalue weighted by atomic mass is 35.5. The van der Waals surface area contributed by atoms with Crippen LogP contribution >= 0.6 is 23.2 Å². The molecule has 5 nitrogen and oxygen atoms in total. The van der Waals surface area contributed by atoms with Gasteiger partial charge in [-0.2, -0.15) is 0 Å². The van der Waals surface area contributed by atoms with Crippen molar-refractivity contribution in [2.75, 3.05) is 19.0 Å². The fourth-order valence-corrected chi connectivity index (χ4v) is 2.92. The molecule has 0 aliphatic carbocycles. The Morgan fingerprint density at radius 1 is 1.08 bits per heavy atom. The first kappa shape index (κ1) is 19.1. The van der Waals surface area contributed by atoms with Gasteiger partial charge in [-0.3, -0.25) is 4.79 Å². The van der Waals surface area contributed by atoms with Crippen LogP contribution in [0.2, 0.25) is 10.0 Å². The molecule has 0 radical (unpaired) electrons. The molecule has 0 atom stereocenters. The van der Waals surface area contributed by atoms with E-state index in [0.717, 1.165) is 11.1 Å². The maximum absolute atomic E-state index is 12.1. The molecule has 0 bridgehead atoms. The number of para-hydroxylation sites is 1. The van der Waals surface area contributed by atoms with Gasteiger partial charge >= 0.3 is 5.97 Å². The van der Waals surface area contributed by atoms with Crippen molar-refractivity contribution >= 4 is 40.8 Å². The Morgan fingerprint density at radius 3 is 2.16 bits per heavy atom. The Hall–Kier alpha value is -2.24. The number of halogens is 2. The van der Waals surface area contributed by atoms with Crippen molar-refractivity contribution in [3.05, 3.63) is 57.1 Å². The number of hydrogen-bond donors (Lipinski definition) is 1. The second-order valence-electron chi connectivity index (χ2n) is 5.36. The monoisotopic (exact) mass is 381 g/mol. The number of amides is 1. The summed E-state index contributed by atoms with van der Waals surface area (Å²) in [6.07, 6.45) is 0. The molecule has 0 saturated heterocycles. The van der Waals surface area contributed by atoms with E-state index in [1.807, 2.05) is 32.0 Å². The van der Waals surface area contributed by atoms with Crippen molar-refractivity contribution in [1.82, 2.24) is 0 Å². The second-order valence-corrected chi connectivity index (χ2v) is 6.18. The van der Waals surface area contributed by atoms with E-state index in [9.17, 15) is 9.59 Å². The molecule has 132 valence electrons. The zero-order valence-electron chi connectivity index (χ0n) is 14.0. The molecule has 2 rings (SSSR count). The molecule has 7 heteroatoms. The minimum atomic E-state index is -0.705. The van der Waals surface area contributed by atoms with Crippen molar-refractivity contribution in [2.45, 2.75) is 13.8 Å². The van der Waals surface area contributed by atoms with Gasteiger partial charge in [0, 0.05) is 5.69 Å². The first-order valence-electron chi connectivity index (χ1n) is 7.39.